The van der Waals surface area contributed by atoms with Gasteiger partial charge in [0.2, 0.25) is 5.91 Å². The van der Waals surface area contributed by atoms with Gasteiger partial charge in [0.15, 0.2) is 0 Å². The van der Waals surface area contributed by atoms with Crippen LogP contribution in [0.1, 0.15) is 18.1 Å². The fourth-order valence-electron chi connectivity index (χ4n) is 1.62. The summed E-state index contributed by atoms with van der Waals surface area (Å²) in [5.41, 5.74) is 4.85. The largest absolute Gasteiger partial charge is 0.416 e. The standard InChI is InChI=1S/C13H17F3N2O/c1-9(8-17)12(19)18-7-6-10-4-2-3-5-11(10)13(14,15)16/h2-5,9H,6-8,17H2,1H3,(H,18,19). The minimum absolute atomic E-state index is 0.138. The fraction of sp³-hybridized carbons (Fsp3) is 0.462. The van der Waals surface area contributed by atoms with E-state index in [2.05, 4.69) is 5.32 Å². The van der Waals surface area contributed by atoms with E-state index in [1.165, 1.54) is 12.1 Å². The molecule has 3 N–H and O–H groups in total. The average molecular weight is 274 g/mol. The minimum atomic E-state index is -4.37. The predicted molar refractivity (Wildman–Crippen MR) is 66.4 cm³/mol. The zero-order valence-corrected chi connectivity index (χ0v) is 10.6. The lowest BCUT2D eigenvalue weighted by Crippen LogP contribution is -2.34. The van der Waals surface area contributed by atoms with E-state index >= 15 is 0 Å². The van der Waals surface area contributed by atoms with Crippen LogP contribution in [-0.4, -0.2) is 19.0 Å². The van der Waals surface area contributed by atoms with Gasteiger partial charge in [-0.05, 0) is 18.1 Å². The smallest absolute Gasteiger partial charge is 0.355 e. The highest BCUT2D eigenvalue weighted by molar-refractivity contribution is 5.78. The monoisotopic (exact) mass is 274 g/mol. The summed E-state index contributed by atoms with van der Waals surface area (Å²) in [6.07, 6.45) is -4.23. The third-order valence-electron chi connectivity index (χ3n) is 2.82. The number of carbonyl (C=O) groups is 1. The highest BCUT2D eigenvalue weighted by Gasteiger charge is 2.32. The van der Waals surface area contributed by atoms with Gasteiger partial charge in [-0.3, -0.25) is 4.79 Å². The van der Waals surface area contributed by atoms with Crippen LogP contribution in [0.2, 0.25) is 0 Å². The Bertz CT molecular complexity index is 432. The van der Waals surface area contributed by atoms with Crippen molar-refractivity contribution in [1.29, 1.82) is 0 Å². The quantitative estimate of drug-likeness (QED) is 0.862. The van der Waals surface area contributed by atoms with Gasteiger partial charge >= 0.3 is 6.18 Å². The third kappa shape index (κ3) is 4.55. The first-order valence-electron chi connectivity index (χ1n) is 5.99. The maximum atomic E-state index is 12.7. The van der Waals surface area contributed by atoms with Crippen LogP contribution in [0.25, 0.3) is 0 Å². The van der Waals surface area contributed by atoms with Crippen molar-refractivity contribution < 1.29 is 18.0 Å². The van der Waals surface area contributed by atoms with Crippen molar-refractivity contribution >= 4 is 5.91 Å². The van der Waals surface area contributed by atoms with Crippen molar-refractivity contribution in [2.75, 3.05) is 13.1 Å². The number of rotatable bonds is 5. The lowest BCUT2D eigenvalue weighted by Gasteiger charge is -2.14. The molecule has 1 aromatic rings. The first kappa shape index (κ1) is 15.5. The maximum Gasteiger partial charge on any atom is 0.416 e. The van der Waals surface area contributed by atoms with Crippen molar-refractivity contribution in [3.8, 4) is 0 Å². The van der Waals surface area contributed by atoms with Crippen LogP contribution in [0.3, 0.4) is 0 Å². The Hall–Kier alpha value is -1.56. The van der Waals surface area contributed by atoms with E-state index in [0.29, 0.717) is 0 Å². The molecule has 3 nitrogen and oxygen atoms in total. The molecule has 0 heterocycles. The summed E-state index contributed by atoms with van der Waals surface area (Å²) in [6.45, 7) is 2.04. The van der Waals surface area contributed by atoms with Gasteiger partial charge in [0.1, 0.15) is 0 Å². The molecule has 0 spiro atoms. The molecule has 0 fully saturated rings. The van der Waals surface area contributed by atoms with Crippen LogP contribution in [0.15, 0.2) is 24.3 Å². The van der Waals surface area contributed by atoms with E-state index in [0.717, 1.165) is 6.07 Å². The molecule has 0 bridgehead atoms. The molecule has 19 heavy (non-hydrogen) atoms. The van der Waals surface area contributed by atoms with Crippen molar-refractivity contribution in [3.63, 3.8) is 0 Å². The molecule has 1 unspecified atom stereocenters. The molecule has 0 saturated heterocycles. The summed E-state index contributed by atoms with van der Waals surface area (Å²) in [5.74, 6) is -0.579. The summed E-state index contributed by atoms with van der Waals surface area (Å²) in [5, 5.41) is 2.57. The number of nitrogens with two attached hydrogens (primary N) is 1. The van der Waals surface area contributed by atoms with Crippen LogP contribution in [0.4, 0.5) is 13.2 Å². The lowest BCUT2D eigenvalue weighted by atomic mass is 10.0. The molecule has 0 aliphatic rings. The van der Waals surface area contributed by atoms with E-state index in [4.69, 9.17) is 5.73 Å². The lowest BCUT2D eigenvalue weighted by molar-refractivity contribution is -0.138. The number of alkyl halides is 3. The zero-order valence-electron chi connectivity index (χ0n) is 10.6. The van der Waals surface area contributed by atoms with Gasteiger partial charge in [0, 0.05) is 19.0 Å². The molecule has 106 valence electrons. The molecule has 0 aliphatic carbocycles. The molecular weight excluding hydrogens is 257 g/mol. The summed E-state index contributed by atoms with van der Waals surface area (Å²) in [4.78, 5) is 11.4. The molecule has 1 rings (SSSR count). The summed E-state index contributed by atoms with van der Waals surface area (Å²) >= 11 is 0. The minimum Gasteiger partial charge on any atom is -0.355 e. The van der Waals surface area contributed by atoms with Crippen molar-refractivity contribution in [2.24, 2.45) is 11.7 Å². The van der Waals surface area contributed by atoms with E-state index < -0.39 is 11.7 Å². The number of nitrogens with one attached hydrogen (secondary N) is 1. The van der Waals surface area contributed by atoms with Gasteiger partial charge in [-0.15, -0.1) is 0 Å². The third-order valence-corrected chi connectivity index (χ3v) is 2.82. The summed E-state index contributed by atoms with van der Waals surface area (Å²) < 4.78 is 38.1. The van der Waals surface area contributed by atoms with Gasteiger partial charge < -0.3 is 11.1 Å². The number of hydrogen-bond donors (Lipinski definition) is 2. The Balaban J connectivity index is 2.62. The molecule has 6 heteroatoms. The van der Waals surface area contributed by atoms with Gasteiger partial charge in [-0.2, -0.15) is 13.2 Å². The molecule has 0 radical (unpaired) electrons. The molecule has 1 amide bonds. The van der Waals surface area contributed by atoms with E-state index in [-0.39, 0.29) is 36.9 Å². The second kappa shape index (κ2) is 6.56. The van der Waals surface area contributed by atoms with Gasteiger partial charge in [0.25, 0.3) is 0 Å². The molecule has 0 saturated carbocycles. The van der Waals surface area contributed by atoms with E-state index in [9.17, 15) is 18.0 Å². The first-order valence-corrected chi connectivity index (χ1v) is 5.99. The summed E-state index contributed by atoms with van der Waals surface area (Å²) in [6, 6.07) is 5.36. The van der Waals surface area contributed by atoms with Crippen LogP contribution in [0.5, 0.6) is 0 Å². The maximum absolute atomic E-state index is 12.7. The number of halogens is 3. The fourth-order valence-corrected chi connectivity index (χ4v) is 1.62. The Labute approximate surface area is 110 Å². The zero-order chi connectivity index (χ0) is 14.5. The van der Waals surface area contributed by atoms with Gasteiger partial charge in [0.05, 0.1) is 5.56 Å². The Morgan fingerprint density at radius 1 is 1.37 bits per heavy atom. The normalized spacial score (nSPS) is 13.1. The van der Waals surface area contributed by atoms with Crippen molar-refractivity contribution in [3.05, 3.63) is 35.4 Å². The Morgan fingerprint density at radius 3 is 2.58 bits per heavy atom. The van der Waals surface area contributed by atoms with Crippen molar-refractivity contribution in [2.45, 2.75) is 19.5 Å². The van der Waals surface area contributed by atoms with E-state index in [1.54, 1.807) is 13.0 Å². The average Bonchev–Trinajstić information content (AvgIpc) is 2.37. The predicted octanol–water partition coefficient (Wildman–Crippen LogP) is 1.96. The molecular formula is C13H17F3N2O. The van der Waals surface area contributed by atoms with E-state index in [1.807, 2.05) is 0 Å². The Kier molecular flexibility index (Phi) is 5.35. The molecule has 1 atom stereocenters. The molecule has 1 aromatic carbocycles. The Morgan fingerprint density at radius 2 is 2.00 bits per heavy atom. The van der Waals surface area contributed by atoms with Crippen LogP contribution >= 0.6 is 0 Å². The second-order valence-corrected chi connectivity index (χ2v) is 4.33. The number of amides is 1. The van der Waals surface area contributed by atoms with Gasteiger partial charge in [-0.25, -0.2) is 0 Å². The number of hydrogen-bond acceptors (Lipinski definition) is 2. The highest BCUT2D eigenvalue weighted by atomic mass is 19.4. The van der Waals surface area contributed by atoms with Crippen LogP contribution in [-0.2, 0) is 17.4 Å². The van der Waals surface area contributed by atoms with Gasteiger partial charge in [-0.1, -0.05) is 25.1 Å². The SMILES string of the molecule is CC(CN)C(=O)NCCc1ccccc1C(F)(F)F. The first-order chi connectivity index (χ1) is 8.86. The number of carbonyl (C=O) groups excluding carboxylic acids is 1. The highest BCUT2D eigenvalue weighted by Crippen LogP contribution is 2.31. The summed E-state index contributed by atoms with van der Waals surface area (Å²) in [7, 11) is 0. The molecule has 0 aliphatic heterocycles. The van der Waals surface area contributed by atoms with Crippen LogP contribution < -0.4 is 11.1 Å². The molecule has 0 aromatic heterocycles. The number of benzene rings is 1. The second-order valence-electron chi connectivity index (χ2n) is 4.33. The van der Waals surface area contributed by atoms with Crippen LogP contribution in [0, 0.1) is 5.92 Å². The topological polar surface area (TPSA) is 55.1 Å². The van der Waals surface area contributed by atoms with Crippen molar-refractivity contribution in [1.82, 2.24) is 5.32 Å².